The molecule has 0 amide bonds. The fourth-order valence-corrected chi connectivity index (χ4v) is 5.41. The summed E-state index contributed by atoms with van der Waals surface area (Å²) in [5.74, 6) is 1.42. The number of rotatable bonds is 8. The second-order valence-corrected chi connectivity index (χ2v) is 10.1. The van der Waals surface area contributed by atoms with Crippen LogP contribution in [-0.4, -0.2) is 76.5 Å². The lowest BCUT2D eigenvalue weighted by Crippen LogP contribution is -2.47. The molecule has 5 aromatic heterocycles. The second-order valence-electron chi connectivity index (χ2n) is 10.1. The summed E-state index contributed by atoms with van der Waals surface area (Å²) in [5.41, 5.74) is 9.03. The van der Waals surface area contributed by atoms with E-state index in [1.54, 1.807) is 40.6 Å². The first-order chi connectivity index (χ1) is 20.5. The molecule has 0 spiro atoms. The van der Waals surface area contributed by atoms with Gasteiger partial charge >= 0.3 is 5.69 Å². The molecule has 15 heteroatoms. The van der Waals surface area contributed by atoms with Crippen LogP contribution in [0.15, 0.2) is 58.2 Å². The lowest BCUT2D eigenvalue weighted by molar-refractivity contribution is 0.247. The van der Waals surface area contributed by atoms with Gasteiger partial charge in [-0.05, 0) is 30.3 Å². The SMILES string of the molecule is Cn1c(=O)n(CCN2CCN(c3ccc(OCc4ncn[nH]4)cc3F)CC2)c2nc(N)n3nc(-c4ccco4)cc3c21. The van der Waals surface area contributed by atoms with Crippen molar-refractivity contribution in [2.24, 2.45) is 7.05 Å². The van der Waals surface area contributed by atoms with Crippen LogP contribution in [0.2, 0.25) is 0 Å². The number of benzene rings is 1. The fourth-order valence-electron chi connectivity index (χ4n) is 5.41. The Hall–Kier alpha value is -5.18. The number of nitrogen functional groups attached to an aromatic ring is 1. The molecule has 6 heterocycles. The monoisotopic (exact) mass is 573 g/mol. The van der Waals surface area contributed by atoms with Crippen LogP contribution < -0.4 is 21.1 Å². The van der Waals surface area contributed by atoms with E-state index in [4.69, 9.17) is 14.9 Å². The molecule has 0 bridgehead atoms. The number of halogens is 1. The van der Waals surface area contributed by atoms with Crippen molar-refractivity contribution in [3.05, 3.63) is 71.1 Å². The topological polar surface area (TPSA) is 154 Å². The quantitative estimate of drug-likeness (QED) is 0.276. The predicted octanol–water partition coefficient (Wildman–Crippen LogP) is 1.88. The van der Waals surface area contributed by atoms with E-state index in [1.165, 1.54) is 16.9 Å². The highest BCUT2D eigenvalue weighted by Crippen LogP contribution is 2.27. The Kier molecular flexibility index (Phi) is 6.34. The summed E-state index contributed by atoms with van der Waals surface area (Å²) in [5, 5.41) is 11.0. The van der Waals surface area contributed by atoms with Gasteiger partial charge in [-0.2, -0.15) is 19.7 Å². The number of aryl methyl sites for hydroxylation is 1. The summed E-state index contributed by atoms with van der Waals surface area (Å²) >= 11 is 0. The van der Waals surface area contributed by atoms with E-state index in [-0.39, 0.29) is 24.1 Å². The van der Waals surface area contributed by atoms with Crippen LogP contribution in [0.1, 0.15) is 5.82 Å². The minimum atomic E-state index is -0.342. The Morgan fingerprint density at radius 3 is 2.74 bits per heavy atom. The maximum Gasteiger partial charge on any atom is 0.330 e. The third kappa shape index (κ3) is 4.52. The molecular weight excluding hydrogens is 545 g/mol. The number of aromatic nitrogens is 8. The number of H-pyrrole nitrogens is 1. The molecule has 0 atom stereocenters. The Morgan fingerprint density at radius 2 is 2.00 bits per heavy atom. The lowest BCUT2D eigenvalue weighted by Gasteiger charge is -2.36. The molecule has 0 radical (unpaired) electrons. The molecule has 14 nitrogen and oxygen atoms in total. The molecule has 1 aliphatic rings. The highest BCUT2D eigenvalue weighted by Gasteiger charge is 2.23. The van der Waals surface area contributed by atoms with E-state index in [1.807, 2.05) is 17.0 Å². The zero-order valence-corrected chi connectivity index (χ0v) is 22.8. The Balaban J connectivity index is 1.03. The van der Waals surface area contributed by atoms with E-state index in [9.17, 15) is 9.18 Å². The number of imidazole rings is 1. The van der Waals surface area contributed by atoms with E-state index < -0.39 is 0 Å². The number of aromatic amines is 1. The van der Waals surface area contributed by atoms with Crippen molar-refractivity contribution in [2.75, 3.05) is 43.4 Å². The van der Waals surface area contributed by atoms with E-state index in [0.29, 0.717) is 71.6 Å². The van der Waals surface area contributed by atoms with Crippen molar-refractivity contribution in [2.45, 2.75) is 13.2 Å². The smallest absolute Gasteiger partial charge is 0.330 e. The van der Waals surface area contributed by atoms with Crippen molar-refractivity contribution in [3.8, 4) is 17.2 Å². The average molecular weight is 574 g/mol. The van der Waals surface area contributed by atoms with Crippen molar-refractivity contribution < 1.29 is 13.5 Å². The predicted molar refractivity (Wildman–Crippen MR) is 152 cm³/mol. The molecule has 1 fully saturated rings. The summed E-state index contributed by atoms with van der Waals surface area (Å²) < 4.78 is 30.8. The highest BCUT2D eigenvalue weighted by atomic mass is 19.1. The molecular formula is C27H28FN11O3. The van der Waals surface area contributed by atoms with Gasteiger partial charge in [0.25, 0.3) is 0 Å². The van der Waals surface area contributed by atoms with E-state index in [0.717, 1.165) is 13.1 Å². The Bertz CT molecular complexity index is 1920. The first-order valence-corrected chi connectivity index (χ1v) is 13.5. The van der Waals surface area contributed by atoms with Gasteiger partial charge in [-0.25, -0.2) is 14.2 Å². The van der Waals surface area contributed by atoms with Gasteiger partial charge < -0.3 is 19.8 Å². The van der Waals surface area contributed by atoms with Crippen molar-refractivity contribution >= 4 is 28.3 Å². The number of nitrogens with zero attached hydrogens (tertiary/aromatic N) is 9. The van der Waals surface area contributed by atoms with Crippen molar-refractivity contribution in [1.29, 1.82) is 0 Å². The Labute approximate surface area is 237 Å². The number of nitrogens with two attached hydrogens (primary N) is 1. The maximum absolute atomic E-state index is 14.9. The summed E-state index contributed by atoms with van der Waals surface area (Å²) in [6, 6.07) is 10.3. The van der Waals surface area contributed by atoms with Crippen LogP contribution in [-0.2, 0) is 20.2 Å². The minimum absolute atomic E-state index is 0.179. The summed E-state index contributed by atoms with van der Waals surface area (Å²) in [7, 11) is 1.72. The first kappa shape index (κ1) is 25.8. The molecule has 42 heavy (non-hydrogen) atoms. The van der Waals surface area contributed by atoms with Gasteiger partial charge in [0.15, 0.2) is 17.2 Å². The van der Waals surface area contributed by atoms with Crippen molar-refractivity contribution in [1.82, 2.24) is 43.8 Å². The third-order valence-electron chi connectivity index (χ3n) is 7.60. The molecule has 0 unspecified atom stereocenters. The number of nitrogens with one attached hydrogen (secondary N) is 1. The molecule has 6 aromatic rings. The van der Waals surface area contributed by atoms with Crippen molar-refractivity contribution in [3.63, 3.8) is 0 Å². The van der Waals surface area contributed by atoms with Crippen LogP contribution in [0.25, 0.3) is 28.1 Å². The standard InChI is InChI=1S/C27H28FN11O3/c1-35-24-21-14-19(22-3-2-12-41-22)34-39(21)26(29)32-25(24)38(27(35)40)11-8-36-6-9-37(10-7-36)20-5-4-17(13-18(20)28)42-15-23-30-16-31-33-23/h2-5,12-14,16H,6-11,15H2,1H3,(H2,29,32)(H,30,31,33). The van der Waals surface area contributed by atoms with Gasteiger partial charge in [-0.1, -0.05) is 0 Å². The van der Waals surface area contributed by atoms with Gasteiger partial charge in [0.05, 0.1) is 17.5 Å². The number of hydrogen-bond acceptors (Lipinski definition) is 10. The largest absolute Gasteiger partial charge is 0.486 e. The van der Waals surface area contributed by atoms with E-state index in [2.05, 4.69) is 30.2 Å². The van der Waals surface area contributed by atoms with Gasteiger partial charge in [0, 0.05) is 52.4 Å². The zero-order chi connectivity index (χ0) is 28.8. The molecule has 7 rings (SSSR count). The van der Waals surface area contributed by atoms with Crippen LogP contribution in [0, 0.1) is 5.82 Å². The first-order valence-electron chi connectivity index (χ1n) is 13.5. The molecule has 1 saturated heterocycles. The minimum Gasteiger partial charge on any atom is -0.486 e. The second kappa shape index (κ2) is 10.3. The van der Waals surface area contributed by atoms with Crippen LogP contribution >= 0.6 is 0 Å². The molecule has 0 aliphatic carbocycles. The van der Waals surface area contributed by atoms with Crippen LogP contribution in [0.5, 0.6) is 5.75 Å². The summed E-state index contributed by atoms with van der Waals surface area (Å²) in [4.78, 5) is 26.1. The molecule has 0 saturated carbocycles. The molecule has 1 aliphatic heterocycles. The number of hydrogen-bond donors (Lipinski definition) is 2. The fraction of sp³-hybridized carbons (Fsp3) is 0.296. The van der Waals surface area contributed by atoms with Gasteiger partial charge in [-0.3, -0.25) is 19.1 Å². The normalized spacial score (nSPS) is 14.4. The Morgan fingerprint density at radius 1 is 1.14 bits per heavy atom. The summed E-state index contributed by atoms with van der Waals surface area (Å²) in [6.07, 6.45) is 2.97. The van der Waals surface area contributed by atoms with Crippen LogP contribution in [0.3, 0.4) is 0 Å². The van der Waals surface area contributed by atoms with Gasteiger partial charge in [-0.15, -0.1) is 0 Å². The maximum atomic E-state index is 14.9. The van der Waals surface area contributed by atoms with E-state index >= 15 is 0 Å². The number of ether oxygens (including phenoxy) is 1. The highest BCUT2D eigenvalue weighted by molar-refractivity contribution is 5.91. The number of fused-ring (bicyclic) bond motifs is 3. The molecule has 3 N–H and O–H groups in total. The van der Waals surface area contributed by atoms with Crippen LogP contribution in [0.4, 0.5) is 16.0 Å². The lowest BCUT2D eigenvalue weighted by atomic mass is 10.2. The average Bonchev–Trinajstić information content (AvgIpc) is 3.80. The summed E-state index contributed by atoms with van der Waals surface area (Å²) in [6.45, 7) is 3.98. The number of furan rings is 1. The van der Waals surface area contributed by atoms with Gasteiger partial charge in [0.2, 0.25) is 5.95 Å². The zero-order valence-electron chi connectivity index (χ0n) is 22.8. The van der Waals surface area contributed by atoms with Gasteiger partial charge in [0.1, 0.15) is 35.7 Å². The number of anilines is 2. The number of piperazine rings is 1. The molecule has 216 valence electrons. The molecule has 1 aromatic carbocycles. The third-order valence-corrected chi connectivity index (χ3v) is 7.60.